The van der Waals surface area contributed by atoms with E-state index >= 15 is 0 Å². The number of carbonyl (C=O) groups excluding carboxylic acids is 3. The molecule has 1 saturated heterocycles. The Kier molecular flexibility index (Phi) is 8.51. The SMILES string of the molecule is CC(C)C[C@H](NC(=O)C1CCCCC1)C(=O)C(=O)NN=C1SCCN1c1ccccc1. The molecule has 168 valence electrons. The van der Waals surface area contributed by atoms with Gasteiger partial charge in [0.15, 0.2) is 5.17 Å². The molecule has 2 N–H and O–H groups in total. The van der Waals surface area contributed by atoms with Crippen molar-refractivity contribution in [2.45, 2.75) is 58.4 Å². The molecule has 1 aliphatic heterocycles. The zero-order chi connectivity index (χ0) is 22.2. The number of Topliss-reactive ketones (excluding diaryl/α,β-unsaturated/α-hetero) is 1. The lowest BCUT2D eigenvalue weighted by Gasteiger charge is -2.25. The van der Waals surface area contributed by atoms with Gasteiger partial charge in [0, 0.05) is 23.9 Å². The van der Waals surface area contributed by atoms with Gasteiger partial charge in [-0.2, -0.15) is 0 Å². The lowest BCUT2D eigenvalue weighted by Crippen LogP contribution is -2.49. The molecule has 2 aliphatic rings. The number of thioether (sulfide) groups is 1. The monoisotopic (exact) mass is 444 g/mol. The van der Waals surface area contributed by atoms with Crippen molar-refractivity contribution in [3.05, 3.63) is 30.3 Å². The lowest BCUT2D eigenvalue weighted by atomic mass is 9.88. The van der Waals surface area contributed by atoms with Crippen molar-refractivity contribution in [2.24, 2.45) is 16.9 Å². The molecule has 7 nitrogen and oxygen atoms in total. The van der Waals surface area contributed by atoms with Gasteiger partial charge in [-0.05, 0) is 37.3 Å². The predicted octanol–water partition coefficient (Wildman–Crippen LogP) is 3.31. The Morgan fingerprint density at radius 2 is 1.84 bits per heavy atom. The minimum atomic E-state index is -0.823. The highest BCUT2D eigenvalue weighted by atomic mass is 32.2. The summed E-state index contributed by atoms with van der Waals surface area (Å²) in [5.41, 5.74) is 3.41. The van der Waals surface area contributed by atoms with Gasteiger partial charge in [0.05, 0.1) is 6.04 Å². The fourth-order valence-corrected chi connectivity index (χ4v) is 4.93. The Balaban J connectivity index is 1.63. The summed E-state index contributed by atoms with van der Waals surface area (Å²) in [4.78, 5) is 40.1. The van der Waals surface area contributed by atoms with E-state index in [1.165, 1.54) is 11.8 Å². The van der Waals surface area contributed by atoms with Crippen LogP contribution >= 0.6 is 11.8 Å². The summed E-state index contributed by atoms with van der Waals surface area (Å²) in [6, 6.07) is 8.98. The Bertz CT molecular complexity index is 806. The second-order valence-electron chi connectivity index (χ2n) is 8.56. The van der Waals surface area contributed by atoms with Crippen LogP contribution in [0.3, 0.4) is 0 Å². The maximum Gasteiger partial charge on any atom is 0.309 e. The topological polar surface area (TPSA) is 90.9 Å². The molecule has 1 heterocycles. The molecular formula is C23H32N4O3S. The maximum atomic E-state index is 12.8. The first-order valence-corrected chi connectivity index (χ1v) is 12.1. The molecule has 0 radical (unpaired) electrons. The number of amides is 2. The average molecular weight is 445 g/mol. The fourth-order valence-electron chi connectivity index (χ4n) is 4.01. The van der Waals surface area contributed by atoms with Gasteiger partial charge in [0.25, 0.3) is 0 Å². The lowest BCUT2D eigenvalue weighted by molar-refractivity contribution is -0.140. The first-order chi connectivity index (χ1) is 15.0. The minimum absolute atomic E-state index is 0.0613. The van der Waals surface area contributed by atoms with Crippen LogP contribution < -0.4 is 15.6 Å². The molecule has 1 aliphatic carbocycles. The summed E-state index contributed by atoms with van der Waals surface area (Å²) >= 11 is 1.53. The van der Waals surface area contributed by atoms with E-state index < -0.39 is 17.7 Å². The number of anilines is 1. The maximum absolute atomic E-state index is 12.8. The van der Waals surface area contributed by atoms with E-state index in [-0.39, 0.29) is 17.7 Å². The highest BCUT2D eigenvalue weighted by Crippen LogP contribution is 2.25. The number of nitrogens with zero attached hydrogens (tertiary/aromatic N) is 2. The summed E-state index contributed by atoms with van der Waals surface area (Å²) in [7, 11) is 0. The zero-order valence-corrected chi connectivity index (χ0v) is 19.1. The number of hydrogen-bond acceptors (Lipinski definition) is 5. The van der Waals surface area contributed by atoms with Crippen LogP contribution in [0, 0.1) is 11.8 Å². The normalized spacial score (nSPS) is 19.5. The van der Waals surface area contributed by atoms with Crippen LogP contribution in [0.15, 0.2) is 35.4 Å². The summed E-state index contributed by atoms with van der Waals surface area (Å²) in [6.45, 7) is 4.72. The summed E-state index contributed by atoms with van der Waals surface area (Å²) in [5.74, 6) is -0.587. The van der Waals surface area contributed by atoms with Gasteiger partial charge in [0.1, 0.15) is 0 Å². The second kappa shape index (κ2) is 11.3. The minimum Gasteiger partial charge on any atom is -0.345 e. The van der Waals surface area contributed by atoms with E-state index in [4.69, 9.17) is 0 Å². The Morgan fingerprint density at radius 3 is 2.52 bits per heavy atom. The first kappa shape index (κ1) is 23.3. The number of nitrogens with one attached hydrogen (secondary N) is 2. The number of amidine groups is 1. The molecule has 0 spiro atoms. The van der Waals surface area contributed by atoms with Gasteiger partial charge in [-0.3, -0.25) is 14.4 Å². The molecule has 1 aromatic rings. The van der Waals surface area contributed by atoms with E-state index in [0.717, 1.165) is 50.1 Å². The molecule has 2 amide bonds. The molecule has 0 unspecified atom stereocenters. The van der Waals surface area contributed by atoms with E-state index in [2.05, 4.69) is 15.8 Å². The summed E-state index contributed by atoms with van der Waals surface area (Å²) in [6.07, 6.45) is 5.34. The van der Waals surface area contributed by atoms with Gasteiger partial charge >= 0.3 is 5.91 Å². The van der Waals surface area contributed by atoms with E-state index in [1.807, 2.05) is 49.1 Å². The van der Waals surface area contributed by atoms with Crippen molar-refractivity contribution in [1.29, 1.82) is 0 Å². The third kappa shape index (κ3) is 6.56. The third-order valence-electron chi connectivity index (χ3n) is 5.64. The number of hydrazone groups is 1. The van der Waals surface area contributed by atoms with Gasteiger partial charge < -0.3 is 10.2 Å². The highest BCUT2D eigenvalue weighted by molar-refractivity contribution is 8.14. The fraction of sp³-hybridized carbons (Fsp3) is 0.565. The van der Waals surface area contributed by atoms with Gasteiger partial charge in [-0.1, -0.05) is 63.1 Å². The van der Waals surface area contributed by atoms with Crippen molar-refractivity contribution in [3.63, 3.8) is 0 Å². The smallest absolute Gasteiger partial charge is 0.309 e. The third-order valence-corrected chi connectivity index (χ3v) is 6.59. The van der Waals surface area contributed by atoms with Crippen molar-refractivity contribution < 1.29 is 14.4 Å². The zero-order valence-electron chi connectivity index (χ0n) is 18.3. The highest BCUT2D eigenvalue weighted by Gasteiger charge is 2.31. The van der Waals surface area contributed by atoms with E-state index in [1.54, 1.807) is 0 Å². The Hall–Kier alpha value is -2.35. The summed E-state index contributed by atoms with van der Waals surface area (Å²) in [5, 5.41) is 7.70. The van der Waals surface area contributed by atoms with Crippen molar-refractivity contribution in [1.82, 2.24) is 10.7 Å². The van der Waals surface area contributed by atoms with Crippen LogP contribution in [-0.2, 0) is 14.4 Å². The van der Waals surface area contributed by atoms with Crippen LogP contribution in [0.4, 0.5) is 5.69 Å². The van der Waals surface area contributed by atoms with Crippen molar-refractivity contribution in [3.8, 4) is 0 Å². The molecule has 0 bridgehead atoms. The van der Waals surface area contributed by atoms with Crippen LogP contribution in [0.5, 0.6) is 0 Å². The number of rotatable bonds is 8. The van der Waals surface area contributed by atoms with Crippen molar-refractivity contribution >= 4 is 40.2 Å². The molecule has 8 heteroatoms. The predicted molar refractivity (Wildman–Crippen MR) is 125 cm³/mol. The van der Waals surface area contributed by atoms with Gasteiger partial charge in [-0.15, -0.1) is 5.10 Å². The number of para-hydroxylation sites is 1. The Labute approximate surface area is 188 Å². The average Bonchev–Trinajstić information content (AvgIpc) is 3.26. The largest absolute Gasteiger partial charge is 0.345 e. The Morgan fingerprint density at radius 1 is 1.13 bits per heavy atom. The van der Waals surface area contributed by atoms with Crippen molar-refractivity contribution in [2.75, 3.05) is 17.2 Å². The van der Waals surface area contributed by atoms with Crippen LogP contribution in [0.25, 0.3) is 0 Å². The number of carbonyl (C=O) groups is 3. The molecule has 1 saturated carbocycles. The van der Waals surface area contributed by atoms with Crippen LogP contribution in [0.2, 0.25) is 0 Å². The number of ketones is 1. The van der Waals surface area contributed by atoms with Gasteiger partial charge in [-0.25, -0.2) is 5.43 Å². The van der Waals surface area contributed by atoms with Crippen LogP contribution in [0.1, 0.15) is 52.4 Å². The molecule has 0 aromatic heterocycles. The van der Waals surface area contributed by atoms with Gasteiger partial charge in [0.2, 0.25) is 11.7 Å². The molecule has 2 fully saturated rings. The number of benzene rings is 1. The second-order valence-corrected chi connectivity index (χ2v) is 9.62. The van der Waals surface area contributed by atoms with E-state index in [9.17, 15) is 14.4 Å². The van der Waals surface area contributed by atoms with E-state index in [0.29, 0.717) is 11.6 Å². The molecular weight excluding hydrogens is 412 g/mol. The molecule has 31 heavy (non-hydrogen) atoms. The summed E-state index contributed by atoms with van der Waals surface area (Å²) < 4.78 is 0. The first-order valence-electron chi connectivity index (χ1n) is 11.1. The molecule has 1 aromatic carbocycles. The standard InChI is InChI=1S/C23H32N4O3S/c1-16(2)15-19(24-21(29)17-9-5-3-6-10-17)20(28)22(30)25-26-23-27(13-14-31-23)18-11-7-4-8-12-18/h4,7-8,11-12,16-17,19H,3,5-6,9-10,13-15H2,1-2H3,(H,24,29)(H,25,30)/t19-/m0/s1. The quantitative estimate of drug-likeness (QED) is 0.474. The number of hydrogen-bond donors (Lipinski definition) is 2. The van der Waals surface area contributed by atoms with Crippen LogP contribution in [-0.4, -0.2) is 41.1 Å². The molecule has 1 atom stereocenters. The molecule has 3 rings (SSSR count).